The van der Waals surface area contributed by atoms with Gasteiger partial charge < -0.3 is 4.90 Å². The van der Waals surface area contributed by atoms with Crippen molar-refractivity contribution in [1.82, 2.24) is 4.90 Å². The van der Waals surface area contributed by atoms with E-state index < -0.39 is 0 Å². The van der Waals surface area contributed by atoms with Gasteiger partial charge >= 0.3 is 0 Å². The van der Waals surface area contributed by atoms with Gasteiger partial charge in [0.2, 0.25) is 5.24 Å². The summed E-state index contributed by atoms with van der Waals surface area (Å²) in [5, 5.41) is -0.215. The van der Waals surface area contributed by atoms with Crippen LogP contribution in [0.15, 0.2) is 0 Å². The molecule has 1 atom stereocenters. The van der Waals surface area contributed by atoms with E-state index in [0.717, 1.165) is 25.6 Å². The molecular weight excluding hydrogens is 174 g/mol. The first-order valence-corrected chi connectivity index (χ1v) is 4.97. The van der Waals surface area contributed by atoms with Crippen LogP contribution in [0.5, 0.6) is 0 Å². The number of carbonyl (C=O) groups is 1. The highest BCUT2D eigenvalue weighted by Crippen LogP contribution is 2.15. The third kappa shape index (κ3) is 3.55. The first kappa shape index (κ1) is 10.0. The highest BCUT2D eigenvalue weighted by atomic mass is 35.5. The molecule has 0 aromatic rings. The van der Waals surface area contributed by atoms with Crippen LogP contribution in [-0.2, 0) is 4.79 Å². The molecule has 1 aliphatic heterocycles. The van der Waals surface area contributed by atoms with E-state index in [9.17, 15) is 4.79 Å². The maximum atomic E-state index is 10.5. The topological polar surface area (TPSA) is 20.3 Å². The van der Waals surface area contributed by atoms with Crippen molar-refractivity contribution in [2.75, 3.05) is 19.6 Å². The summed E-state index contributed by atoms with van der Waals surface area (Å²) in [5.74, 6) is 0.782. The SMILES string of the molecule is CC1CCCN(CCC(=O)Cl)C1. The molecule has 0 aromatic heterocycles. The monoisotopic (exact) mass is 189 g/mol. The summed E-state index contributed by atoms with van der Waals surface area (Å²) in [6, 6.07) is 0. The normalized spacial score (nSPS) is 25.7. The first-order valence-electron chi connectivity index (χ1n) is 4.59. The minimum atomic E-state index is -0.215. The molecule has 0 radical (unpaired) electrons. The van der Waals surface area contributed by atoms with Crippen LogP contribution in [-0.4, -0.2) is 29.8 Å². The van der Waals surface area contributed by atoms with Gasteiger partial charge in [0.05, 0.1) is 0 Å². The fourth-order valence-corrected chi connectivity index (χ4v) is 1.82. The number of nitrogens with zero attached hydrogens (tertiary/aromatic N) is 1. The summed E-state index contributed by atoms with van der Waals surface area (Å²) in [4.78, 5) is 12.8. The predicted octanol–water partition coefficient (Wildman–Crippen LogP) is 1.87. The lowest BCUT2D eigenvalue weighted by molar-refractivity contribution is -0.112. The van der Waals surface area contributed by atoms with E-state index in [1.165, 1.54) is 12.8 Å². The molecule has 0 aliphatic carbocycles. The van der Waals surface area contributed by atoms with E-state index in [1.807, 2.05) is 0 Å². The van der Waals surface area contributed by atoms with Crippen LogP contribution < -0.4 is 0 Å². The number of likely N-dealkylation sites (tertiary alicyclic amines) is 1. The summed E-state index contributed by atoms with van der Waals surface area (Å²) in [6.45, 7) is 5.36. The molecule has 1 unspecified atom stereocenters. The van der Waals surface area contributed by atoms with Crippen molar-refractivity contribution in [2.24, 2.45) is 5.92 Å². The molecule has 0 aromatic carbocycles. The van der Waals surface area contributed by atoms with Crippen LogP contribution >= 0.6 is 11.6 Å². The first-order chi connectivity index (χ1) is 5.68. The van der Waals surface area contributed by atoms with Crippen molar-refractivity contribution in [3.05, 3.63) is 0 Å². The van der Waals surface area contributed by atoms with Gasteiger partial charge in [-0.1, -0.05) is 6.92 Å². The average molecular weight is 190 g/mol. The smallest absolute Gasteiger partial charge is 0.222 e. The molecule has 2 nitrogen and oxygen atoms in total. The molecule has 70 valence electrons. The summed E-state index contributed by atoms with van der Waals surface area (Å²) in [5.41, 5.74) is 0. The Kier molecular flexibility index (Phi) is 4.02. The summed E-state index contributed by atoms with van der Waals surface area (Å²) in [6.07, 6.45) is 3.08. The third-order valence-corrected chi connectivity index (χ3v) is 2.55. The maximum absolute atomic E-state index is 10.5. The number of piperidine rings is 1. The highest BCUT2D eigenvalue weighted by molar-refractivity contribution is 6.63. The van der Waals surface area contributed by atoms with Crippen molar-refractivity contribution in [3.63, 3.8) is 0 Å². The van der Waals surface area contributed by atoms with E-state index in [0.29, 0.717) is 6.42 Å². The molecule has 0 N–H and O–H groups in total. The van der Waals surface area contributed by atoms with Crippen LogP contribution in [0.1, 0.15) is 26.2 Å². The molecule has 0 saturated carbocycles. The number of carbonyl (C=O) groups excluding carboxylic acids is 1. The highest BCUT2D eigenvalue weighted by Gasteiger charge is 2.15. The van der Waals surface area contributed by atoms with Crippen LogP contribution in [0.3, 0.4) is 0 Å². The molecule has 1 rings (SSSR count). The van der Waals surface area contributed by atoms with Crippen LogP contribution in [0.2, 0.25) is 0 Å². The number of hydrogen-bond donors (Lipinski definition) is 0. The zero-order valence-corrected chi connectivity index (χ0v) is 8.31. The Morgan fingerprint density at radius 2 is 2.42 bits per heavy atom. The fourth-order valence-electron chi connectivity index (χ4n) is 1.74. The zero-order valence-electron chi connectivity index (χ0n) is 7.55. The van der Waals surface area contributed by atoms with Crippen molar-refractivity contribution >= 4 is 16.8 Å². The minimum Gasteiger partial charge on any atom is -0.303 e. The van der Waals surface area contributed by atoms with E-state index in [1.54, 1.807) is 0 Å². The zero-order chi connectivity index (χ0) is 8.97. The lowest BCUT2D eigenvalue weighted by atomic mass is 10.0. The van der Waals surface area contributed by atoms with Gasteiger partial charge in [-0.2, -0.15) is 0 Å². The molecule has 0 bridgehead atoms. The Morgan fingerprint density at radius 1 is 1.67 bits per heavy atom. The number of halogens is 1. The van der Waals surface area contributed by atoms with E-state index >= 15 is 0 Å². The Balaban J connectivity index is 2.18. The van der Waals surface area contributed by atoms with Gasteiger partial charge in [0.15, 0.2) is 0 Å². The van der Waals surface area contributed by atoms with Gasteiger partial charge in [0.1, 0.15) is 0 Å². The summed E-state index contributed by atoms with van der Waals surface area (Å²) >= 11 is 5.27. The largest absolute Gasteiger partial charge is 0.303 e. The molecule has 12 heavy (non-hydrogen) atoms. The molecule has 0 spiro atoms. The second-order valence-corrected chi connectivity index (χ2v) is 4.07. The van der Waals surface area contributed by atoms with E-state index in [2.05, 4.69) is 11.8 Å². The Morgan fingerprint density at radius 3 is 3.00 bits per heavy atom. The maximum Gasteiger partial charge on any atom is 0.222 e. The standard InChI is InChI=1S/C9H16ClNO/c1-8-3-2-5-11(7-8)6-4-9(10)12/h8H,2-7H2,1H3. The van der Waals surface area contributed by atoms with Gasteiger partial charge in [-0.25, -0.2) is 0 Å². The number of hydrogen-bond acceptors (Lipinski definition) is 2. The van der Waals surface area contributed by atoms with Gasteiger partial charge in [0.25, 0.3) is 0 Å². The average Bonchev–Trinajstić information content (AvgIpc) is 2.01. The molecule has 1 aliphatic rings. The molecule has 1 heterocycles. The molecule has 3 heteroatoms. The van der Waals surface area contributed by atoms with Gasteiger partial charge in [-0.15, -0.1) is 0 Å². The van der Waals surface area contributed by atoms with Crippen LogP contribution in [0.4, 0.5) is 0 Å². The summed E-state index contributed by atoms with van der Waals surface area (Å²) < 4.78 is 0. The lowest BCUT2D eigenvalue weighted by Crippen LogP contribution is -2.35. The van der Waals surface area contributed by atoms with Gasteiger partial charge in [-0.05, 0) is 36.9 Å². The molecule has 1 fully saturated rings. The van der Waals surface area contributed by atoms with Crippen molar-refractivity contribution in [2.45, 2.75) is 26.2 Å². The van der Waals surface area contributed by atoms with E-state index in [-0.39, 0.29) is 5.24 Å². The Bertz CT molecular complexity index is 161. The molecular formula is C9H16ClNO. The number of rotatable bonds is 3. The van der Waals surface area contributed by atoms with Gasteiger partial charge in [0, 0.05) is 19.5 Å². The van der Waals surface area contributed by atoms with Crippen molar-refractivity contribution in [3.8, 4) is 0 Å². The van der Waals surface area contributed by atoms with Gasteiger partial charge in [-0.3, -0.25) is 4.79 Å². The van der Waals surface area contributed by atoms with Crippen molar-refractivity contribution in [1.29, 1.82) is 0 Å². The quantitative estimate of drug-likeness (QED) is 0.632. The summed E-state index contributed by atoms with van der Waals surface area (Å²) in [7, 11) is 0. The second kappa shape index (κ2) is 4.83. The Labute approximate surface area is 78.9 Å². The minimum absolute atomic E-state index is 0.215. The molecule has 1 saturated heterocycles. The van der Waals surface area contributed by atoms with Crippen LogP contribution in [0.25, 0.3) is 0 Å². The van der Waals surface area contributed by atoms with Crippen LogP contribution in [0, 0.1) is 5.92 Å². The second-order valence-electron chi connectivity index (χ2n) is 3.65. The lowest BCUT2D eigenvalue weighted by Gasteiger charge is -2.30. The predicted molar refractivity (Wildman–Crippen MR) is 50.3 cm³/mol. The fraction of sp³-hybridized carbons (Fsp3) is 0.889. The molecule has 0 amide bonds. The third-order valence-electron chi connectivity index (χ3n) is 2.37. The van der Waals surface area contributed by atoms with Crippen molar-refractivity contribution < 1.29 is 4.79 Å². The van der Waals surface area contributed by atoms with E-state index in [4.69, 9.17) is 11.6 Å². The Hall–Kier alpha value is -0.0800.